The summed E-state index contributed by atoms with van der Waals surface area (Å²) in [6, 6.07) is 0. The second-order valence-corrected chi connectivity index (χ2v) is 1.54. The molecular formula is H9Na2O7P+2. The van der Waals surface area contributed by atoms with E-state index < -0.39 is 7.82 Å². The maximum absolute atomic E-state index is 8.88. The van der Waals surface area contributed by atoms with Crippen LogP contribution < -0.4 is 59.1 Å². The zero-order valence-electron chi connectivity index (χ0n) is 5.70. The van der Waals surface area contributed by atoms with Gasteiger partial charge in [-0.1, -0.05) is 0 Å². The predicted molar refractivity (Wildman–Crippen MR) is 25.1 cm³/mol. The average Bonchev–Trinajstić information content (AvgIpc) is 0.722. The Morgan fingerprint density at radius 3 is 0.800 bits per heavy atom. The van der Waals surface area contributed by atoms with Crippen molar-refractivity contribution in [2.24, 2.45) is 0 Å². The molecule has 0 aromatic heterocycles. The van der Waals surface area contributed by atoms with Crippen molar-refractivity contribution >= 4 is 7.82 Å². The minimum absolute atomic E-state index is 0. The van der Waals surface area contributed by atoms with Gasteiger partial charge in [-0.2, -0.15) is 0 Å². The number of hydrogen-bond donors (Lipinski definition) is 3. The average molecular weight is 198 g/mol. The van der Waals surface area contributed by atoms with Gasteiger partial charge in [0.1, 0.15) is 0 Å². The summed E-state index contributed by atoms with van der Waals surface area (Å²) in [5.41, 5.74) is 0. The van der Waals surface area contributed by atoms with Gasteiger partial charge in [-0.05, 0) is 0 Å². The molecule has 0 aliphatic heterocycles. The smallest absolute Gasteiger partial charge is 0.412 e. The van der Waals surface area contributed by atoms with Crippen LogP contribution >= 0.6 is 7.82 Å². The molecule has 0 unspecified atom stereocenters. The standard InChI is InChI=1S/2Na.H3O4P.3H2O/c;;1-5(2,3)4;;;/h;;(H3,1,2,3,4);3*1H2/q2*+1;;;;. The maximum atomic E-state index is 8.88. The van der Waals surface area contributed by atoms with Crippen LogP contribution in [0.15, 0.2) is 0 Å². The number of rotatable bonds is 0. The number of phosphoric acid groups is 1. The molecule has 0 bridgehead atoms. The molecule has 0 saturated heterocycles. The molecule has 0 aromatic rings. The molecule has 0 aliphatic rings. The van der Waals surface area contributed by atoms with E-state index in [-0.39, 0.29) is 75.5 Å². The minimum Gasteiger partial charge on any atom is -0.412 e. The number of hydrogen-bond acceptors (Lipinski definition) is 1. The van der Waals surface area contributed by atoms with Crippen molar-refractivity contribution in [3.8, 4) is 0 Å². The van der Waals surface area contributed by atoms with Gasteiger partial charge in [0.15, 0.2) is 0 Å². The summed E-state index contributed by atoms with van der Waals surface area (Å²) < 4.78 is 8.88. The van der Waals surface area contributed by atoms with Crippen molar-refractivity contribution in [3.05, 3.63) is 0 Å². The molecule has 0 spiro atoms. The fraction of sp³-hybridized carbons (Fsp3) is 0. The zero-order valence-corrected chi connectivity index (χ0v) is 10.6. The third-order valence-electron chi connectivity index (χ3n) is 0. The first kappa shape index (κ1) is 40.4. The van der Waals surface area contributed by atoms with Crippen molar-refractivity contribution in [1.82, 2.24) is 0 Å². The van der Waals surface area contributed by atoms with E-state index in [4.69, 9.17) is 19.2 Å². The van der Waals surface area contributed by atoms with Crippen LogP contribution in [0, 0.1) is 0 Å². The van der Waals surface area contributed by atoms with Gasteiger partial charge in [0.25, 0.3) is 0 Å². The SMILES string of the molecule is O.O.O.O=P(O)(O)O.[Na+].[Na+]. The first-order valence-corrected chi connectivity index (χ1v) is 2.35. The van der Waals surface area contributed by atoms with E-state index in [0.29, 0.717) is 0 Å². The summed E-state index contributed by atoms with van der Waals surface area (Å²) in [6.45, 7) is 0. The van der Waals surface area contributed by atoms with E-state index in [1.54, 1.807) is 0 Å². The first-order chi connectivity index (χ1) is 2.00. The van der Waals surface area contributed by atoms with E-state index in [0.717, 1.165) is 0 Å². The molecule has 0 fully saturated rings. The summed E-state index contributed by atoms with van der Waals surface area (Å²) in [7, 11) is -4.64. The quantitative estimate of drug-likeness (QED) is 0.259. The summed E-state index contributed by atoms with van der Waals surface area (Å²) in [5, 5.41) is 0. The fourth-order valence-corrected chi connectivity index (χ4v) is 0. The Hall–Kier alpha value is 1.99. The molecule has 10 heteroatoms. The van der Waals surface area contributed by atoms with Crippen LogP contribution in [0.2, 0.25) is 0 Å². The zero-order chi connectivity index (χ0) is 4.50. The van der Waals surface area contributed by atoms with Gasteiger partial charge in [-0.15, -0.1) is 0 Å². The second kappa shape index (κ2) is 17.2. The van der Waals surface area contributed by atoms with Crippen molar-refractivity contribution in [2.45, 2.75) is 0 Å². The third-order valence-corrected chi connectivity index (χ3v) is 0. The van der Waals surface area contributed by atoms with Gasteiger partial charge in [-0.25, -0.2) is 4.57 Å². The van der Waals surface area contributed by atoms with E-state index in [2.05, 4.69) is 0 Å². The monoisotopic (exact) mass is 198 g/mol. The molecule has 10 heavy (non-hydrogen) atoms. The van der Waals surface area contributed by atoms with E-state index in [9.17, 15) is 0 Å². The maximum Gasteiger partial charge on any atom is 1.00 e. The summed E-state index contributed by atoms with van der Waals surface area (Å²) in [4.78, 5) is 21.6. The molecule has 0 aromatic carbocycles. The van der Waals surface area contributed by atoms with Crippen LogP contribution in [0.4, 0.5) is 0 Å². The molecule has 0 heterocycles. The molecule has 0 aliphatic carbocycles. The Morgan fingerprint density at radius 2 is 0.800 bits per heavy atom. The summed E-state index contributed by atoms with van der Waals surface area (Å²) >= 11 is 0. The largest absolute Gasteiger partial charge is 1.00 e. The van der Waals surface area contributed by atoms with Crippen molar-refractivity contribution < 1.29 is 94.8 Å². The van der Waals surface area contributed by atoms with Crippen LogP contribution in [-0.2, 0) is 4.57 Å². The molecule has 0 rings (SSSR count). The van der Waals surface area contributed by atoms with Crippen molar-refractivity contribution in [1.29, 1.82) is 0 Å². The van der Waals surface area contributed by atoms with Crippen molar-refractivity contribution in [3.63, 3.8) is 0 Å². The first-order valence-electron chi connectivity index (χ1n) is 0.783. The van der Waals surface area contributed by atoms with Crippen LogP contribution in [-0.4, -0.2) is 31.1 Å². The Balaban J connectivity index is -0.00000000800. The molecule has 0 saturated carbocycles. The van der Waals surface area contributed by atoms with Gasteiger partial charge in [0.05, 0.1) is 0 Å². The summed E-state index contributed by atoms with van der Waals surface area (Å²) in [5.74, 6) is 0. The Bertz CT molecular complexity index is 57.7. The molecule has 9 N–H and O–H groups in total. The van der Waals surface area contributed by atoms with Gasteiger partial charge in [0, 0.05) is 0 Å². The van der Waals surface area contributed by atoms with Gasteiger partial charge >= 0.3 is 66.9 Å². The third kappa shape index (κ3) is 204. The molecule has 0 radical (unpaired) electrons. The molecule has 0 atom stereocenters. The molecule has 0 amide bonds. The van der Waals surface area contributed by atoms with Crippen LogP contribution in [0.25, 0.3) is 0 Å². The van der Waals surface area contributed by atoms with E-state index in [1.807, 2.05) is 0 Å². The van der Waals surface area contributed by atoms with Crippen LogP contribution in [0.3, 0.4) is 0 Å². The van der Waals surface area contributed by atoms with Gasteiger partial charge in [0.2, 0.25) is 0 Å². The van der Waals surface area contributed by atoms with Crippen molar-refractivity contribution in [2.75, 3.05) is 0 Å². The molecular weight excluding hydrogens is 189 g/mol. The van der Waals surface area contributed by atoms with E-state index >= 15 is 0 Å². The van der Waals surface area contributed by atoms with E-state index in [1.165, 1.54) is 0 Å². The fourth-order valence-electron chi connectivity index (χ4n) is 0. The topological polar surface area (TPSA) is 172 Å². The Morgan fingerprint density at radius 1 is 0.800 bits per heavy atom. The summed E-state index contributed by atoms with van der Waals surface area (Å²) in [6.07, 6.45) is 0. The second-order valence-electron chi connectivity index (χ2n) is 0.513. The Labute approximate surface area is 102 Å². The molecule has 7 nitrogen and oxygen atoms in total. The minimum atomic E-state index is -4.64. The van der Waals surface area contributed by atoms with Crippen LogP contribution in [0.1, 0.15) is 0 Å². The molecule has 56 valence electrons. The van der Waals surface area contributed by atoms with Gasteiger partial charge in [-0.3, -0.25) is 0 Å². The predicted octanol–water partition coefficient (Wildman–Crippen LogP) is -9.39. The Kier molecular flexibility index (Phi) is 69.3. The van der Waals surface area contributed by atoms with Crippen LogP contribution in [0.5, 0.6) is 0 Å². The van der Waals surface area contributed by atoms with Gasteiger partial charge < -0.3 is 31.1 Å². The normalized spacial score (nSPS) is 5.90.